The van der Waals surface area contributed by atoms with E-state index in [0.29, 0.717) is 31.0 Å². The Morgan fingerprint density at radius 1 is 1.37 bits per heavy atom. The second kappa shape index (κ2) is 9.01. The molecule has 1 unspecified atom stereocenters. The van der Waals surface area contributed by atoms with E-state index in [1.54, 1.807) is 7.05 Å². The number of guanidine groups is 1. The van der Waals surface area contributed by atoms with Gasteiger partial charge in [-0.2, -0.15) is 0 Å². The molecule has 2 N–H and O–H groups in total. The molecule has 1 fully saturated rings. The minimum absolute atomic E-state index is 0.0204. The highest BCUT2D eigenvalue weighted by atomic mass is 19.1. The predicted molar refractivity (Wildman–Crippen MR) is 101 cm³/mol. The fourth-order valence-electron chi connectivity index (χ4n) is 2.91. The summed E-state index contributed by atoms with van der Waals surface area (Å²) in [7, 11) is 1.68. The van der Waals surface area contributed by atoms with Gasteiger partial charge in [-0.15, -0.1) is 0 Å². The number of nitrogens with zero attached hydrogens (tertiary/aromatic N) is 2. The van der Waals surface area contributed by atoms with Gasteiger partial charge >= 0.3 is 6.09 Å². The molecule has 1 aromatic carbocycles. The van der Waals surface area contributed by atoms with E-state index in [-0.39, 0.29) is 6.04 Å². The second-order valence-electron chi connectivity index (χ2n) is 7.54. The van der Waals surface area contributed by atoms with Crippen LogP contribution in [0.15, 0.2) is 23.2 Å². The number of carbonyl (C=O) groups excluding carboxylic acids is 1. The molecule has 0 saturated carbocycles. The summed E-state index contributed by atoms with van der Waals surface area (Å²) in [6, 6.07) is 3.57. The van der Waals surface area contributed by atoms with Gasteiger partial charge in [-0.05, 0) is 45.2 Å². The first-order valence-electron chi connectivity index (χ1n) is 9.07. The van der Waals surface area contributed by atoms with E-state index in [1.165, 1.54) is 12.1 Å². The lowest BCUT2D eigenvalue weighted by Gasteiger charge is -2.23. The van der Waals surface area contributed by atoms with Crippen molar-refractivity contribution in [2.75, 3.05) is 26.7 Å². The van der Waals surface area contributed by atoms with Crippen LogP contribution in [0.4, 0.5) is 13.6 Å². The van der Waals surface area contributed by atoms with Crippen molar-refractivity contribution in [3.05, 3.63) is 35.4 Å². The Hall–Kier alpha value is -2.38. The lowest BCUT2D eigenvalue weighted by atomic mass is 10.1. The summed E-state index contributed by atoms with van der Waals surface area (Å²) >= 11 is 0. The zero-order chi connectivity index (χ0) is 20.0. The Labute approximate surface area is 159 Å². The van der Waals surface area contributed by atoms with Crippen molar-refractivity contribution in [3.8, 4) is 0 Å². The maximum absolute atomic E-state index is 13.7. The van der Waals surface area contributed by atoms with Crippen LogP contribution in [-0.4, -0.2) is 55.3 Å². The average Bonchev–Trinajstić information content (AvgIpc) is 2.99. The van der Waals surface area contributed by atoms with Gasteiger partial charge in [0.15, 0.2) is 5.96 Å². The molecule has 150 valence electrons. The van der Waals surface area contributed by atoms with Crippen LogP contribution in [-0.2, 0) is 11.2 Å². The number of ether oxygens (including phenoxy) is 1. The number of halogens is 2. The molecular weight excluding hydrogens is 354 g/mol. The summed E-state index contributed by atoms with van der Waals surface area (Å²) in [5.41, 5.74) is -0.0828. The van der Waals surface area contributed by atoms with Gasteiger partial charge in [0.2, 0.25) is 0 Å². The summed E-state index contributed by atoms with van der Waals surface area (Å²) in [5.74, 6) is -0.443. The monoisotopic (exact) mass is 382 g/mol. The van der Waals surface area contributed by atoms with Gasteiger partial charge in [0, 0.05) is 32.7 Å². The molecule has 6 nitrogen and oxygen atoms in total. The van der Waals surface area contributed by atoms with Gasteiger partial charge in [-0.25, -0.2) is 13.6 Å². The minimum Gasteiger partial charge on any atom is -0.444 e. The van der Waals surface area contributed by atoms with Gasteiger partial charge in [0.25, 0.3) is 0 Å². The Morgan fingerprint density at radius 3 is 2.74 bits per heavy atom. The van der Waals surface area contributed by atoms with Gasteiger partial charge in [0.1, 0.15) is 17.2 Å². The lowest BCUT2D eigenvalue weighted by Crippen LogP contribution is -2.44. The summed E-state index contributed by atoms with van der Waals surface area (Å²) in [6.45, 7) is 7.29. The molecular formula is C19H28F2N4O2. The van der Waals surface area contributed by atoms with Crippen LogP contribution in [0.3, 0.4) is 0 Å². The molecule has 1 heterocycles. The van der Waals surface area contributed by atoms with Gasteiger partial charge in [0.05, 0.1) is 6.04 Å². The first-order valence-corrected chi connectivity index (χ1v) is 9.07. The standard InChI is InChI=1S/C19H28F2N4O2/c1-19(2,3)27-18(26)24-15-8-10-25(12-15)17(22-4)23-9-7-13-5-6-14(20)11-16(13)21/h5-6,11,15H,7-10,12H2,1-4H3,(H,22,23)(H,24,26). The molecule has 1 aliphatic rings. The lowest BCUT2D eigenvalue weighted by molar-refractivity contribution is 0.0507. The van der Waals surface area contributed by atoms with E-state index < -0.39 is 23.3 Å². The van der Waals surface area contributed by atoms with Gasteiger partial charge in [-0.1, -0.05) is 6.07 Å². The fourth-order valence-corrected chi connectivity index (χ4v) is 2.91. The quantitative estimate of drug-likeness (QED) is 0.621. The van der Waals surface area contributed by atoms with Crippen molar-refractivity contribution < 1.29 is 18.3 Å². The largest absolute Gasteiger partial charge is 0.444 e. The van der Waals surface area contributed by atoms with Crippen LogP contribution < -0.4 is 10.6 Å². The highest BCUT2D eigenvalue weighted by molar-refractivity contribution is 5.80. The third-order valence-corrected chi connectivity index (χ3v) is 4.11. The zero-order valence-corrected chi connectivity index (χ0v) is 16.3. The van der Waals surface area contributed by atoms with Crippen molar-refractivity contribution >= 4 is 12.1 Å². The maximum Gasteiger partial charge on any atom is 0.407 e. The number of amides is 1. The number of rotatable bonds is 4. The third kappa shape index (κ3) is 6.69. The van der Waals surface area contributed by atoms with Crippen molar-refractivity contribution in [2.45, 2.75) is 45.3 Å². The van der Waals surface area contributed by atoms with E-state index in [1.807, 2.05) is 25.7 Å². The topological polar surface area (TPSA) is 66.0 Å². The smallest absolute Gasteiger partial charge is 0.407 e. The molecule has 0 radical (unpaired) electrons. The number of benzene rings is 1. The number of hydrogen-bond acceptors (Lipinski definition) is 3. The number of hydrogen-bond donors (Lipinski definition) is 2. The molecule has 8 heteroatoms. The number of aliphatic imine (C=N–C) groups is 1. The van der Waals surface area contributed by atoms with E-state index in [4.69, 9.17) is 4.74 Å². The van der Waals surface area contributed by atoms with Crippen molar-refractivity contribution in [2.24, 2.45) is 4.99 Å². The van der Waals surface area contributed by atoms with Crippen LogP contribution in [0.1, 0.15) is 32.8 Å². The molecule has 1 atom stereocenters. The highest BCUT2D eigenvalue weighted by Gasteiger charge is 2.27. The van der Waals surface area contributed by atoms with Crippen LogP contribution in [0.2, 0.25) is 0 Å². The number of alkyl carbamates (subject to hydrolysis) is 1. The molecule has 0 bridgehead atoms. The molecule has 1 aliphatic heterocycles. The Kier molecular flexibility index (Phi) is 6.98. The molecule has 0 spiro atoms. The summed E-state index contributed by atoms with van der Waals surface area (Å²) < 4.78 is 31.9. The molecule has 1 amide bonds. The Morgan fingerprint density at radius 2 is 2.11 bits per heavy atom. The third-order valence-electron chi connectivity index (χ3n) is 4.11. The fraction of sp³-hybridized carbons (Fsp3) is 0.579. The van der Waals surface area contributed by atoms with E-state index in [0.717, 1.165) is 19.0 Å². The van der Waals surface area contributed by atoms with Crippen LogP contribution >= 0.6 is 0 Å². The van der Waals surface area contributed by atoms with Crippen molar-refractivity contribution in [1.29, 1.82) is 0 Å². The zero-order valence-electron chi connectivity index (χ0n) is 16.3. The number of nitrogens with one attached hydrogen (secondary N) is 2. The molecule has 1 saturated heterocycles. The average molecular weight is 382 g/mol. The molecule has 2 rings (SSSR count). The predicted octanol–water partition coefficient (Wildman–Crippen LogP) is 2.68. The van der Waals surface area contributed by atoms with Crippen molar-refractivity contribution in [3.63, 3.8) is 0 Å². The maximum atomic E-state index is 13.7. The number of carbonyl (C=O) groups is 1. The van der Waals surface area contributed by atoms with Gasteiger partial charge < -0.3 is 20.3 Å². The Bertz CT molecular complexity index is 689. The summed E-state index contributed by atoms with van der Waals surface area (Å²) in [6.07, 6.45) is 0.773. The normalized spacial score (nSPS) is 17.8. The van der Waals surface area contributed by atoms with E-state index in [2.05, 4.69) is 15.6 Å². The Balaban J connectivity index is 1.80. The molecule has 0 aliphatic carbocycles. The number of likely N-dealkylation sites (tertiary alicyclic amines) is 1. The van der Waals surface area contributed by atoms with E-state index in [9.17, 15) is 13.6 Å². The molecule has 27 heavy (non-hydrogen) atoms. The second-order valence-corrected chi connectivity index (χ2v) is 7.54. The first kappa shape index (κ1) is 20.9. The van der Waals surface area contributed by atoms with Crippen LogP contribution in [0.25, 0.3) is 0 Å². The minimum atomic E-state index is -0.583. The SMILES string of the molecule is CN=C(NCCc1ccc(F)cc1F)N1CCC(NC(=O)OC(C)(C)C)C1. The summed E-state index contributed by atoms with van der Waals surface area (Å²) in [5, 5.41) is 6.05. The van der Waals surface area contributed by atoms with Crippen LogP contribution in [0, 0.1) is 11.6 Å². The highest BCUT2D eigenvalue weighted by Crippen LogP contribution is 2.13. The van der Waals surface area contributed by atoms with Crippen molar-refractivity contribution in [1.82, 2.24) is 15.5 Å². The van der Waals surface area contributed by atoms with Gasteiger partial charge in [-0.3, -0.25) is 4.99 Å². The summed E-state index contributed by atoms with van der Waals surface area (Å²) in [4.78, 5) is 18.2. The molecule has 1 aromatic rings. The van der Waals surface area contributed by atoms with Crippen LogP contribution in [0.5, 0.6) is 0 Å². The first-order chi connectivity index (χ1) is 12.7. The molecule has 0 aromatic heterocycles. The van der Waals surface area contributed by atoms with E-state index >= 15 is 0 Å².